The highest BCUT2D eigenvalue weighted by Gasteiger charge is 2.33. The fraction of sp³-hybridized carbons (Fsp3) is 0.368. The van der Waals surface area contributed by atoms with Gasteiger partial charge in [0.05, 0.1) is 48.3 Å². The summed E-state index contributed by atoms with van der Waals surface area (Å²) in [7, 11) is 0. The van der Waals surface area contributed by atoms with Gasteiger partial charge in [-0.05, 0) is 25.1 Å². The predicted molar refractivity (Wildman–Crippen MR) is 98.6 cm³/mol. The largest absolute Gasteiger partial charge is 0.416 e. The van der Waals surface area contributed by atoms with Gasteiger partial charge in [-0.2, -0.15) is 13.2 Å². The smallest absolute Gasteiger partial charge is 0.376 e. The number of aromatic nitrogens is 4. The Morgan fingerprint density at radius 2 is 2.10 bits per heavy atom. The molecule has 0 bridgehead atoms. The Hall–Kier alpha value is -3.05. The number of aromatic amines is 1. The molecule has 0 aliphatic carbocycles. The second-order valence-electron chi connectivity index (χ2n) is 6.83. The van der Waals surface area contributed by atoms with E-state index < -0.39 is 29.8 Å². The summed E-state index contributed by atoms with van der Waals surface area (Å²) in [5, 5.41) is 2.78. The molecule has 3 aromatic rings. The molecule has 1 fully saturated rings. The van der Waals surface area contributed by atoms with Crippen molar-refractivity contribution in [2.24, 2.45) is 0 Å². The van der Waals surface area contributed by atoms with Crippen LogP contribution >= 0.6 is 0 Å². The van der Waals surface area contributed by atoms with E-state index in [0.717, 1.165) is 12.1 Å². The summed E-state index contributed by atoms with van der Waals surface area (Å²) in [5.74, 6) is -0.258. The minimum Gasteiger partial charge on any atom is -0.376 e. The lowest BCUT2D eigenvalue weighted by Crippen LogP contribution is -2.43. The summed E-state index contributed by atoms with van der Waals surface area (Å²) in [6.07, 6.45) is -2.25. The molecule has 158 valence electrons. The lowest BCUT2D eigenvalue weighted by Gasteiger charge is -2.29. The number of carbonyl (C=O) groups is 1. The first kappa shape index (κ1) is 20.2. The number of aryl methyl sites for hydroxylation is 1. The number of hydrogen-bond acceptors (Lipinski definition) is 6. The quantitative estimate of drug-likeness (QED) is 0.672. The molecule has 2 atom stereocenters. The van der Waals surface area contributed by atoms with E-state index in [-0.39, 0.29) is 23.6 Å². The number of nitrogens with one attached hydrogen (secondary N) is 2. The molecule has 0 spiro atoms. The van der Waals surface area contributed by atoms with Gasteiger partial charge in [-0.3, -0.25) is 9.78 Å². The molecule has 11 heteroatoms. The third kappa shape index (κ3) is 4.26. The van der Waals surface area contributed by atoms with Crippen LogP contribution in [-0.2, 0) is 15.7 Å². The van der Waals surface area contributed by atoms with E-state index in [1.54, 1.807) is 6.92 Å². The van der Waals surface area contributed by atoms with E-state index in [9.17, 15) is 18.0 Å². The summed E-state index contributed by atoms with van der Waals surface area (Å²) in [6.45, 7) is 2.67. The van der Waals surface area contributed by atoms with Gasteiger partial charge in [0.25, 0.3) is 5.91 Å². The second-order valence-corrected chi connectivity index (χ2v) is 6.83. The van der Waals surface area contributed by atoms with E-state index in [1.807, 2.05) is 0 Å². The Labute approximate surface area is 168 Å². The van der Waals surface area contributed by atoms with E-state index in [2.05, 4.69) is 25.3 Å². The number of halogens is 3. The highest BCUT2D eigenvalue weighted by atomic mass is 19.4. The summed E-state index contributed by atoms with van der Waals surface area (Å²) in [5.41, 5.74) is 0.496. The average molecular weight is 421 g/mol. The monoisotopic (exact) mass is 421 g/mol. The van der Waals surface area contributed by atoms with E-state index in [1.165, 1.54) is 18.5 Å². The topological polar surface area (TPSA) is 102 Å². The van der Waals surface area contributed by atoms with Crippen molar-refractivity contribution in [2.45, 2.75) is 25.2 Å². The van der Waals surface area contributed by atoms with Crippen molar-refractivity contribution in [1.82, 2.24) is 25.3 Å². The molecule has 4 rings (SSSR count). The van der Waals surface area contributed by atoms with Crippen LogP contribution in [0.3, 0.4) is 0 Å². The number of fused-ring (bicyclic) bond motifs is 1. The van der Waals surface area contributed by atoms with Gasteiger partial charge < -0.3 is 19.8 Å². The van der Waals surface area contributed by atoms with E-state index in [0.29, 0.717) is 24.4 Å². The summed E-state index contributed by atoms with van der Waals surface area (Å²) >= 11 is 0. The zero-order valence-corrected chi connectivity index (χ0v) is 15.9. The first-order valence-corrected chi connectivity index (χ1v) is 9.17. The molecule has 0 radical (unpaired) electrons. The van der Waals surface area contributed by atoms with Crippen LogP contribution in [0.15, 0.2) is 30.6 Å². The maximum absolute atomic E-state index is 13.0. The van der Waals surface area contributed by atoms with Crippen LogP contribution in [-0.4, -0.2) is 51.8 Å². The number of nitrogens with zero attached hydrogens (tertiary/aromatic N) is 3. The van der Waals surface area contributed by atoms with Gasteiger partial charge in [-0.25, -0.2) is 9.97 Å². The third-order valence-electron chi connectivity index (χ3n) is 4.64. The number of hydrogen-bond donors (Lipinski definition) is 2. The SMILES string of the molecule is Cc1cnc(C(=O)N[C@H](c2nc3ccc(C(F)(F)F)cc3[nH]2)[C@H]2COCCO2)cn1. The van der Waals surface area contributed by atoms with Gasteiger partial charge in [0.15, 0.2) is 0 Å². The molecule has 1 saturated heterocycles. The molecule has 0 unspecified atom stereocenters. The maximum Gasteiger partial charge on any atom is 0.416 e. The van der Waals surface area contributed by atoms with Crippen molar-refractivity contribution in [1.29, 1.82) is 0 Å². The van der Waals surface area contributed by atoms with Crippen LogP contribution < -0.4 is 5.32 Å². The summed E-state index contributed by atoms with van der Waals surface area (Å²) in [4.78, 5) is 28.0. The Morgan fingerprint density at radius 1 is 1.27 bits per heavy atom. The van der Waals surface area contributed by atoms with Crippen molar-refractivity contribution in [3.8, 4) is 0 Å². The molecule has 8 nitrogen and oxygen atoms in total. The molecule has 1 amide bonds. The van der Waals surface area contributed by atoms with Crippen molar-refractivity contribution in [3.63, 3.8) is 0 Å². The third-order valence-corrected chi connectivity index (χ3v) is 4.64. The zero-order chi connectivity index (χ0) is 21.3. The van der Waals surface area contributed by atoms with Gasteiger partial charge in [0.2, 0.25) is 0 Å². The minimum absolute atomic E-state index is 0.0952. The number of carbonyl (C=O) groups excluding carboxylic acids is 1. The molecule has 2 N–H and O–H groups in total. The lowest BCUT2D eigenvalue weighted by atomic mass is 10.1. The first-order valence-electron chi connectivity index (χ1n) is 9.17. The van der Waals surface area contributed by atoms with Crippen LogP contribution in [0.5, 0.6) is 0 Å². The van der Waals surface area contributed by atoms with E-state index in [4.69, 9.17) is 9.47 Å². The van der Waals surface area contributed by atoms with E-state index >= 15 is 0 Å². The Bertz CT molecular complexity index is 1050. The van der Waals surface area contributed by atoms with Gasteiger partial charge in [0.1, 0.15) is 23.7 Å². The number of benzene rings is 1. The lowest BCUT2D eigenvalue weighted by molar-refractivity contribution is -0.137. The molecule has 1 aliphatic heterocycles. The molecular formula is C19H18F3N5O3. The number of H-pyrrole nitrogens is 1. The Kier molecular flexibility index (Phi) is 5.39. The van der Waals surface area contributed by atoms with Crippen molar-refractivity contribution >= 4 is 16.9 Å². The fourth-order valence-corrected chi connectivity index (χ4v) is 3.11. The number of ether oxygens (including phenoxy) is 2. The maximum atomic E-state index is 13.0. The molecule has 0 saturated carbocycles. The first-order chi connectivity index (χ1) is 14.3. The summed E-state index contributed by atoms with van der Waals surface area (Å²) < 4.78 is 50.2. The predicted octanol–water partition coefficient (Wildman–Crippen LogP) is 2.57. The van der Waals surface area contributed by atoms with Crippen LogP contribution in [0.2, 0.25) is 0 Å². The summed E-state index contributed by atoms with van der Waals surface area (Å²) in [6, 6.07) is 2.43. The number of amides is 1. The molecule has 1 aromatic carbocycles. The Morgan fingerprint density at radius 3 is 2.77 bits per heavy atom. The molecule has 1 aliphatic rings. The van der Waals surface area contributed by atoms with Crippen molar-refractivity contribution < 1.29 is 27.4 Å². The number of alkyl halides is 3. The molecule has 3 heterocycles. The van der Waals surface area contributed by atoms with Gasteiger partial charge in [-0.15, -0.1) is 0 Å². The number of imidazole rings is 1. The van der Waals surface area contributed by atoms with Crippen LogP contribution in [0.4, 0.5) is 13.2 Å². The molecular weight excluding hydrogens is 403 g/mol. The fourth-order valence-electron chi connectivity index (χ4n) is 3.11. The van der Waals surface area contributed by atoms with Crippen LogP contribution in [0.1, 0.15) is 33.6 Å². The average Bonchev–Trinajstić information content (AvgIpc) is 3.15. The Balaban J connectivity index is 1.66. The standard InChI is InChI=1S/C19H18F3N5O3/c1-10-7-24-14(8-23-10)18(28)27-16(15-9-29-4-5-30-15)17-25-12-3-2-11(19(20,21)22)6-13(12)26-17/h2-3,6-8,15-16H,4-5,9H2,1H3,(H,25,26)(H,27,28)/t15-,16+/m1/s1. The van der Waals surface area contributed by atoms with Crippen molar-refractivity contribution in [3.05, 3.63) is 53.4 Å². The van der Waals surface area contributed by atoms with Gasteiger partial charge in [0, 0.05) is 6.20 Å². The normalized spacial score (nSPS) is 18.3. The molecule has 2 aromatic heterocycles. The number of rotatable bonds is 4. The van der Waals surface area contributed by atoms with Gasteiger partial charge in [-0.1, -0.05) is 0 Å². The van der Waals surface area contributed by atoms with Gasteiger partial charge >= 0.3 is 6.18 Å². The second kappa shape index (κ2) is 8.00. The van der Waals surface area contributed by atoms with Crippen LogP contribution in [0, 0.1) is 6.92 Å². The zero-order valence-electron chi connectivity index (χ0n) is 15.9. The highest BCUT2D eigenvalue weighted by molar-refractivity contribution is 5.92. The van der Waals surface area contributed by atoms with Crippen molar-refractivity contribution in [2.75, 3.05) is 19.8 Å². The molecule has 30 heavy (non-hydrogen) atoms. The van der Waals surface area contributed by atoms with Crippen LogP contribution in [0.25, 0.3) is 11.0 Å². The highest BCUT2D eigenvalue weighted by Crippen LogP contribution is 2.31. The minimum atomic E-state index is -4.47.